The van der Waals surface area contributed by atoms with Crippen LogP contribution in [0.3, 0.4) is 0 Å². The van der Waals surface area contributed by atoms with Gasteiger partial charge in [-0.1, -0.05) is 49.4 Å². The standard InChI is InChI=1S/C19H26/c1-4-16(5-2)15(3)17-11-13-19(14-12-17)18-9-7-6-8-10-18/h4-10,15-17,19H,1-2,11-14H2,3H3. The van der Waals surface area contributed by atoms with E-state index in [1.165, 1.54) is 31.2 Å². The second-order valence-electron chi connectivity index (χ2n) is 5.93. The average Bonchev–Trinajstić information content (AvgIpc) is 2.49. The molecule has 1 fully saturated rings. The second-order valence-corrected chi connectivity index (χ2v) is 5.93. The highest BCUT2D eigenvalue weighted by Gasteiger charge is 2.28. The fourth-order valence-electron chi connectivity index (χ4n) is 3.54. The Morgan fingerprint density at radius 1 is 1.00 bits per heavy atom. The molecule has 0 aromatic heterocycles. The van der Waals surface area contributed by atoms with Crippen molar-refractivity contribution in [2.75, 3.05) is 0 Å². The van der Waals surface area contributed by atoms with Crippen LogP contribution in [-0.2, 0) is 0 Å². The summed E-state index contributed by atoms with van der Waals surface area (Å²) in [6.07, 6.45) is 9.47. The summed E-state index contributed by atoms with van der Waals surface area (Å²) >= 11 is 0. The van der Waals surface area contributed by atoms with Crippen molar-refractivity contribution in [1.29, 1.82) is 0 Å². The minimum absolute atomic E-state index is 0.471. The van der Waals surface area contributed by atoms with Crippen LogP contribution >= 0.6 is 0 Å². The fourth-order valence-corrected chi connectivity index (χ4v) is 3.54. The van der Waals surface area contributed by atoms with Gasteiger partial charge in [-0.25, -0.2) is 0 Å². The first-order valence-corrected chi connectivity index (χ1v) is 7.56. The van der Waals surface area contributed by atoms with Crippen molar-refractivity contribution in [1.82, 2.24) is 0 Å². The van der Waals surface area contributed by atoms with Gasteiger partial charge in [0.15, 0.2) is 0 Å². The van der Waals surface area contributed by atoms with Gasteiger partial charge in [-0.2, -0.15) is 0 Å². The van der Waals surface area contributed by atoms with Crippen molar-refractivity contribution < 1.29 is 0 Å². The summed E-state index contributed by atoms with van der Waals surface area (Å²) in [6, 6.07) is 11.0. The van der Waals surface area contributed by atoms with Crippen molar-refractivity contribution in [3.8, 4) is 0 Å². The third-order valence-corrected chi connectivity index (χ3v) is 4.94. The monoisotopic (exact) mass is 254 g/mol. The Labute approximate surface area is 118 Å². The second kappa shape index (κ2) is 6.75. The molecule has 0 N–H and O–H groups in total. The van der Waals surface area contributed by atoms with Gasteiger partial charge in [0, 0.05) is 0 Å². The fraction of sp³-hybridized carbons (Fsp3) is 0.474. The molecule has 0 amide bonds. The van der Waals surface area contributed by atoms with Crippen LogP contribution in [0.1, 0.15) is 44.1 Å². The zero-order valence-corrected chi connectivity index (χ0v) is 12.1. The Balaban J connectivity index is 1.92. The van der Waals surface area contributed by atoms with E-state index in [1.807, 2.05) is 0 Å². The summed E-state index contributed by atoms with van der Waals surface area (Å²) in [5.74, 6) is 2.77. The summed E-state index contributed by atoms with van der Waals surface area (Å²) in [4.78, 5) is 0. The van der Waals surface area contributed by atoms with Gasteiger partial charge in [-0.05, 0) is 54.9 Å². The zero-order valence-electron chi connectivity index (χ0n) is 12.1. The van der Waals surface area contributed by atoms with Gasteiger partial charge in [-0.3, -0.25) is 0 Å². The molecule has 0 heteroatoms. The molecule has 19 heavy (non-hydrogen) atoms. The zero-order chi connectivity index (χ0) is 13.7. The molecule has 2 rings (SSSR count). The number of hydrogen-bond donors (Lipinski definition) is 0. The van der Waals surface area contributed by atoms with Gasteiger partial charge in [0.1, 0.15) is 0 Å². The van der Waals surface area contributed by atoms with E-state index in [1.54, 1.807) is 0 Å². The molecule has 1 aromatic carbocycles. The predicted octanol–water partition coefficient (Wildman–Crippen LogP) is 5.58. The van der Waals surface area contributed by atoms with Crippen molar-refractivity contribution in [2.45, 2.75) is 38.5 Å². The summed E-state index contributed by atoms with van der Waals surface area (Å²) in [6.45, 7) is 10.2. The van der Waals surface area contributed by atoms with E-state index in [9.17, 15) is 0 Å². The highest BCUT2D eigenvalue weighted by molar-refractivity contribution is 5.20. The van der Waals surface area contributed by atoms with Crippen LogP contribution in [0.25, 0.3) is 0 Å². The van der Waals surface area contributed by atoms with E-state index in [2.05, 4.69) is 62.6 Å². The van der Waals surface area contributed by atoms with Crippen LogP contribution in [-0.4, -0.2) is 0 Å². The van der Waals surface area contributed by atoms with Gasteiger partial charge in [0.25, 0.3) is 0 Å². The maximum atomic E-state index is 3.94. The van der Waals surface area contributed by atoms with Crippen molar-refractivity contribution >= 4 is 0 Å². The van der Waals surface area contributed by atoms with Crippen LogP contribution < -0.4 is 0 Å². The SMILES string of the molecule is C=CC(C=C)C(C)C1CCC(c2ccccc2)CC1. The topological polar surface area (TPSA) is 0 Å². The van der Waals surface area contributed by atoms with E-state index >= 15 is 0 Å². The Bertz CT molecular complexity index is 387. The number of benzene rings is 1. The first-order chi connectivity index (χ1) is 9.26. The molecule has 0 saturated heterocycles. The first-order valence-electron chi connectivity index (χ1n) is 7.56. The molecule has 1 atom stereocenters. The Morgan fingerprint density at radius 3 is 2.11 bits per heavy atom. The third kappa shape index (κ3) is 3.37. The van der Waals surface area contributed by atoms with Crippen LogP contribution in [0, 0.1) is 17.8 Å². The molecule has 0 radical (unpaired) electrons. The molecule has 1 unspecified atom stereocenters. The smallest absolute Gasteiger partial charge is 0.00305 e. The van der Waals surface area contributed by atoms with Gasteiger partial charge in [-0.15, -0.1) is 13.2 Å². The molecule has 0 nitrogen and oxygen atoms in total. The van der Waals surface area contributed by atoms with Crippen LogP contribution in [0.15, 0.2) is 55.6 Å². The van der Waals surface area contributed by atoms with Crippen molar-refractivity contribution in [2.24, 2.45) is 17.8 Å². The molecular formula is C19H26. The highest BCUT2D eigenvalue weighted by Crippen LogP contribution is 2.40. The molecule has 1 saturated carbocycles. The minimum Gasteiger partial charge on any atom is -0.102 e. The van der Waals surface area contributed by atoms with Crippen LogP contribution in [0.2, 0.25) is 0 Å². The van der Waals surface area contributed by atoms with Crippen molar-refractivity contribution in [3.63, 3.8) is 0 Å². The minimum atomic E-state index is 0.471. The number of allylic oxidation sites excluding steroid dienone is 2. The van der Waals surface area contributed by atoms with E-state index in [0.717, 1.165) is 11.8 Å². The van der Waals surface area contributed by atoms with E-state index < -0.39 is 0 Å². The Morgan fingerprint density at radius 2 is 1.58 bits per heavy atom. The number of hydrogen-bond acceptors (Lipinski definition) is 0. The average molecular weight is 254 g/mol. The number of rotatable bonds is 5. The summed E-state index contributed by atoms with van der Waals surface area (Å²) < 4.78 is 0. The van der Waals surface area contributed by atoms with Gasteiger partial charge < -0.3 is 0 Å². The molecule has 0 bridgehead atoms. The van der Waals surface area contributed by atoms with Crippen molar-refractivity contribution in [3.05, 3.63) is 61.2 Å². The Hall–Kier alpha value is -1.30. The summed E-state index contributed by atoms with van der Waals surface area (Å²) in [7, 11) is 0. The molecule has 1 aliphatic carbocycles. The largest absolute Gasteiger partial charge is 0.102 e. The lowest BCUT2D eigenvalue weighted by molar-refractivity contribution is 0.223. The van der Waals surface area contributed by atoms with Gasteiger partial charge in [0.2, 0.25) is 0 Å². The molecule has 0 aliphatic heterocycles. The lowest BCUT2D eigenvalue weighted by Crippen LogP contribution is -2.23. The van der Waals surface area contributed by atoms with Gasteiger partial charge in [0.05, 0.1) is 0 Å². The van der Waals surface area contributed by atoms with Gasteiger partial charge >= 0.3 is 0 Å². The van der Waals surface area contributed by atoms with E-state index in [0.29, 0.717) is 11.8 Å². The molecule has 0 spiro atoms. The summed E-state index contributed by atoms with van der Waals surface area (Å²) in [5.41, 5.74) is 1.53. The third-order valence-electron chi connectivity index (χ3n) is 4.94. The lowest BCUT2D eigenvalue weighted by atomic mass is 9.71. The maximum absolute atomic E-state index is 3.94. The molecule has 102 valence electrons. The molecule has 1 aromatic rings. The highest BCUT2D eigenvalue weighted by atomic mass is 14.3. The first kappa shape index (κ1) is 14.1. The molecular weight excluding hydrogens is 228 g/mol. The maximum Gasteiger partial charge on any atom is -0.00305 e. The lowest BCUT2D eigenvalue weighted by Gasteiger charge is -2.34. The van der Waals surface area contributed by atoms with Crippen LogP contribution in [0.4, 0.5) is 0 Å². The van der Waals surface area contributed by atoms with E-state index in [4.69, 9.17) is 0 Å². The van der Waals surface area contributed by atoms with E-state index in [-0.39, 0.29) is 0 Å². The normalized spacial score (nSPS) is 24.9. The quantitative estimate of drug-likeness (QED) is 0.601. The van der Waals surface area contributed by atoms with Crippen LogP contribution in [0.5, 0.6) is 0 Å². The predicted molar refractivity (Wildman–Crippen MR) is 84.2 cm³/mol. The molecule has 0 heterocycles. The Kier molecular flexibility index (Phi) is 5.01. The molecule has 1 aliphatic rings. The summed E-state index contributed by atoms with van der Waals surface area (Å²) in [5, 5.41) is 0.